The number of hydrogen-bond donors (Lipinski definition) is 1. The van der Waals surface area contributed by atoms with Gasteiger partial charge in [0.05, 0.1) is 0 Å². The van der Waals surface area contributed by atoms with Crippen LogP contribution in [0.3, 0.4) is 0 Å². The average molecular weight is 225 g/mol. The monoisotopic (exact) mass is 225 g/mol. The van der Waals surface area contributed by atoms with Crippen molar-refractivity contribution in [2.45, 2.75) is 43.4 Å². The Balaban J connectivity index is 2.41. The van der Waals surface area contributed by atoms with Gasteiger partial charge in [-0.15, -0.1) is 0 Å². The van der Waals surface area contributed by atoms with E-state index in [-0.39, 0.29) is 10.8 Å². The molecule has 17 heavy (non-hydrogen) atoms. The molecule has 4 heteroatoms. The smallest absolute Gasteiger partial charge is 0.133 e. The summed E-state index contributed by atoms with van der Waals surface area (Å²) in [4.78, 5) is 0. The molecule has 1 saturated heterocycles. The second-order valence-corrected chi connectivity index (χ2v) is 6.58. The number of nitrogens with one attached hydrogen (secondary N) is 1. The predicted octanol–water partition coefficient (Wildman–Crippen LogP) is -0.101. The number of rotatable bonds is 2. The summed E-state index contributed by atoms with van der Waals surface area (Å²) in [5.41, 5.74) is 3.12. The summed E-state index contributed by atoms with van der Waals surface area (Å²) < 4.78 is 0. The van der Waals surface area contributed by atoms with Crippen molar-refractivity contribution in [1.82, 2.24) is 5.32 Å². The first-order valence-electron chi connectivity index (χ1n) is 6.73. The van der Waals surface area contributed by atoms with Crippen molar-refractivity contribution < 1.29 is 0 Å². The Morgan fingerprint density at radius 1 is 1.12 bits per heavy atom. The van der Waals surface area contributed by atoms with Crippen molar-refractivity contribution in [3.63, 3.8) is 0 Å². The van der Waals surface area contributed by atoms with E-state index in [1.54, 1.807) is 0 Å². The summed E-state index contributed by atoms with van der Waals surface area (Å²) >= 11 is 0. The fraction of sp³-hybridized carbons (Fsp3) is 0.538. The zero-order chi connectivity index (χ0) is 12.7. The molecular weight excluding hydrogens is 203 g/mol. The Morgan fingerprint density at radius 3 is 2.29 bits per heavy atom. The van der Waals surface area contributed by atoms with Crippen LogP contribution in [0.2, 0.25) is 0 Å². The summed E-state index contributed by atoms with van der Waals surface area (Å²) in [6, 6.07) is 8.89. The SMILES string of the molecule is BC1(B)CCC(B)(c2ccccc2C(C)C)N1. The van der Waals surface area contributed by atoms with E-state index < -0.39 is 0 Å². The molecule has 1 aliphatic rings. The Hall–Kier alpha value is -0.625. The van der Waals surface area contributed by atoms with E-state index in [4.69, 9.17) is 0 Å². The molecule has 1 aromatic rings. The van der Waals surface area contributed by atoms with Crippen LogP contribution in [0, 0.1) is 0 Å². The van der Waals surface area contributed by atoms with Gasteiger partial charge in [-0.05, 0) is 35.2 Å². The lowest BCUT2D eigenvalue weighted by molar-refractivity contribution is 0.533. The van der Waals surface area contributed by atoms with Gasteiger partial charge in [-0.1, -0.05) is 38.1 Å². The van der Waals surface area contributed by atoms with Crippen LogP contribution < -0.4 is 5.32 Å². The van der Waals surface area contributed by atoms with Crippen LogP contribution in [0.25, 0.3) is 0 Å². The maximum atomic E-state index is 3.82. The van der Waals surface area contributed by atoms with Crippen molar-refractivity contribution in [3.05, 3.63) is 35.4 Å². The summed E-state index contributed by atoms with van der Waals surface area (Å²) in [5.74, 6) is 0.591. The molecule has 1 heterocycles. The minimum Gasteiger partial charge on any atom is -0.325 e. The lowest BCUT2D eigenvalue weighted by Gasteiger charge is -2.32. The van der Waals surface area contributed by atoms with Crippen molar-refractivity contribution in [3.8, 4) is 0 Å². The third-order valence-corrected chi connectivity index (χ3v) is 4.04. The van der Waals surface area contributed by atoms with Crippen LogP contribution in [-0.2, 0) is 5.44 Å². The van der Waals surface area contributed by atoms with Crippen molar-refractivity contribution >= 4 is 23.5 Å². The molecule has 0 amide bonds. The van der Waals surface area contributed by atoms with Crippen LogP contribution in [0.5, 0.6) is 0 Å². The highest BCUT2D eigenvalue weighted by Crippen LogP contribution is 2.36. The lowest BCUT2D eigenvalue weighted by atomic mass is 9.61. The van der Waals surface area contributed by atoms with Gasteiger partial charge in [-0.3, -0.25) is 0 Å². The minimum atomic E-state index is 0.143. The molecule has 0 bridgehead atoms. The summed E-state index contributed by atoms with van der Waals surface area (Å²) in [6.45, 7) is 4.56. The summed E-state index contributed by atoms with van der Waals surface area (Å²) in [6.07, 6.45) is 2.47. The van der Waals surface area contributed by atoms with Crippen molar-refractivity contribution in [2.75, 3.05) is 0 Å². The first kappa shape index (κ1) is 12.8. The predicted molar refractivity (Wildman–Crippen MR) is 82.9 cm³/mol. The van der Waals surface area contributed by atoms with Gasteiger partial charge in [0.2, 0.25) is 0 Å². The highest BCUT2D eigenvalue weighted by molar-refractivity contribution is 6.40. The van der Waals surface area contributed by atoms with E-state index in [0.29, 0.717) is 5.92 Å². The fourth-order valence-corrected chi connectivity index (χ4v) is 3.14. The highest BCUT2D eigenvalue weighted by Gasteiger charge is 2.40. The number of hydrogen-bond acceptors (Lipinski definition) is 1. The highest BCUT2D eigenvalue weighted by atomic mass is 15.0. The third kappa shape index (κ3) is 2.47. The maximum absolute atomic E-state index is 3.82. The molecule has 1 N–H and O–H groups in total. The second-order valence-electron chi connectivity index (χ2n) is 6.58. The average Bonchev–Trinajstić information content (AvgIpc) is 2.54. The summed E-state index contributed by atoms with van der Waals surface area (Å²) in [5, 5.41) is 4.08. The maximum Gasteiger partial charge on any atom is 0.133 e. The zero-order valence-electron chi connectivity index (χ0n) is 11.8. The molecule has 1 aromatic carbocycles. The third-order valence-electron chi connectivity index (χ3n) is 4.04. The van der Waals surface area contributed by atoms with E-state index in [2.05, 4.69) is 67.0 Å². The van der Waals surface area contributed by atoms with Crippen LogP contribution in [0.15, 0.2) is 24.3 Å². The van der Waals surface area contributed by atoms with Crippen molar-refractivity contribution in [2.24, 2.45) is 0 Å². The zero-order valence-corrected chi connectivity index (χ0v) is 11.8. The minimum absolute atomic E-state index is 0.143. The van der Waals surface area contributed by atoms with Crippen molar-refractivity contribution in [1.29, 1.82) is 0 Å². The fourth-order valence-electron chi connectivity index (χ4n) is 3.14. The molecule has 1 fully saturated rings. The van der Waals surface area contributed by atoms with Gasteiger partial charge in [-0.2, -0.15) is 0 Å². The van der Waals surface area contributed by atoms with Gasteiger partial charge in [0.1, 0.15) is 23.5 Å². The normalized spacial score (nSPS) is 27.5. The first-order chi connectivity index (χ1) is 7.84. The Morgan fingerprint density at radius 2 is 1.76 bits per heavy atom. The van der Waals surface area contributed by atoms with E-state index >= 15 is 0 Å². The Labute approximate surface area is 108 Å². The Kier molecular flexibility index (Phi) is 3.20. The summed E-state index contributed by atoms with van der Waals surface area (Å²) in [7, 11) is 6.95. The molecule has 1 atom stereocenters. The molecule has 0 aromatic heterocycles. The molecule has 0 saturated carbocycles. The van der Waals surface area contributed by atoms with E-state index in [1.807, 2.05) is 0 Å². The van der Waals surface area contributed by atoms with Gasteiger partial charge in [0.15, 0.2) is 0 Å². The number of benzene rings is 1. The Bertz CT molecular complexity index is 417. The van der Waals surface area contributed by atoms with Crippen LogP contribution in [0.4, 0.5) is 0 Å². The molecule has 1 unspecified atom stereocenters. The lowest BCUT2D eigenvalue weighted by Crippen LogP contribution is -2.50. The van der Waals surface area contributed by atoms with E-state index in [0.717, 1.165) is 0 Å². The van der Waals surface area contributed by atoms with Gasteiger partial charge in [-0.25, -0.2) is 0 Å². The van der Waals surface area contributed by atoms with Gasteiger partial charge >= 0.3 is 0 Å². The quantitative estimate of drug-likeness (QED) is 0.692. The second kappa shape index (κ2) is 4.24. The molecule has 88 valence electrons. The molecule has 1 aliphatic heterocycles. The van der Waals surface area contributed by atoms with Gasteiger partial charge < -0.3 is 5.32 Å². The van der Waals surface area contributed by atoms with Crippen LogP contribution >= 0.6 is 0 Å². The van der Waals surface area contributed by atoms with Gasteiger partial charge in [0, 0.05) is 5.44 Å². The molecule has 2 rings (SSSR count). The molecular formula is C13H22B3N. The molecule has 0 radical (unpaired) electrons. The molecule has 0 aliphatic carbocycles. The first-order valence-corrected chi connectivity index (χ1v) is 6.73. The van der Waals surface area contributed by atoms with Gasteiger partial charge in [0.25, 0.3) is 0 Å². The largest absolute Gasteiger partial charge is 0.325 e. The van der Waals surface area contributed by atoms with Crippen LogP contribution in [0.1, 0.15) is 43.7 Å². The molecule has 1 nitrogen and oxygen atoms in total. The van der Waals surface area contributed by atoms with Crippen LogP contribution in [-0.4, -0.2) is 28.9 Å². The van der Waals surface area contributed by atoms with E-state index in [9.17, 15) is 0 Å². The van der Waals surface area contributed by atoms with E-state index in [1.165, 1.54) is 24.0 Å². The topological polar surface area (TPSA) is 12.0 Å². The standard InChI is InChI=1S/C13H22B3N/c1-9(2)10-5-3-4-6-11(10)12(14)7-8-13(15,16)17-12/h3-6,9,17H,7-8,14-16H2,1-2H3. The molecule has 0 spiro atoms.